The highest BCUT2D eigenvalue weighted by atomic mass is 32.2. The Morgan fingerprint density at radius 1 is 1.07 bits per heavy atom. The number of anilines is 1. The van der Waals surface area contributed by atoms with Crippen LogP contribution in [0.5, 0.6) is 0 Å². The van der Waals surface area contributed by atoms with Crippen LogP contribution in [0.15, 0.2) is 60.7 Å². The van der Waals surface area contributed by atoms with Gasteiger partial charge in [-0.3, -0.25) is 9.52 Å². The first-order valence-electron chi connectivity index (χ1n) is 8.01. The van der Waals surface area contributed by atoms with Crippen molar-refractivity contribution in [1.82, 2.24) is 5.32 Å². The summed E-state index contributed by atoms with van der Waals surface area (Å²) in [6.45, 7) is 0.241. The van der Waals surface area contributed by atoms with Crippen LogP contribution in [0.1, 0.15) is 15.2 Å². The van der Waals surface area contributed by atoms with E-state index in [0.29, 0.717) is 21.0 Å². The number of hydrogen-bond donors (Lipinski definition) is 2. The van der Waals surface area contributed by atoms with Crippen molar-refractivity contribution >= 4 is 33.0 Å². The second-order valence-corrected chi connectivity index (χ2v) is 8.73. The first-order chi connectivity index (χ1) is 12.8. The molecule has 8 heteroatoms. The molecule has 3 aromatic rings. The van der Waals surface area contributed by atoms with Crippen LogP contribution in [0.25, 0.3) is 10.4 Å². The molecule has 0 aliphatic carbocycles. The summed E-state index contributed by atoms with van der Waals surface area (Å²) in [4.78, 5) is 13.5. The van der Waals surface area contributed by atoms with E-state index < -0.39 is 10.0 Å². The van der Waals surface area contributed by atoms with E-state index in [1.807, 2.05) is 0 Å². The van der Waals surface area contributed by atoms with Crippen molar-refractivity contribution in [3.05, 3.63) is 76.9 Å². The summed E-state index contributed by atoms with van der Waals surface area (Å²) in [7, 11) is -3.36. The Morgan fingerprint density at radius 3 is 2.59 bits per heavy atom. The van der Waals surface area contributed by atoms with Crippen molar-refractivity contribution in [2.24, 2.45) is 0 Å². The van der Waals surface area contributed by atoms with E-state index in [4.69, 9.17) is 0 Å². The SMILES string of the molecule is CS(=O)(=O)Nc1cccc(CNC(=O)c2ccc(-c3ccccc3F)s2)c1. The molecule has 140 valence electrons. The Bertz CT molecular complexity index is 1080. The van der Waals surface area contributed by atoms with Gasteiger partial charge in [-0.1, -0.05) is 30.3 Å². The second kappa shape index (κ2) is 7.89. The van der Waals surface area contributed by atoms with Crippen LogP contribution in [0, 0.1) is 5.82 Å². The smallest absolute Gasteiger partial charge is 0.261 e. The lowest BCUT2D eigenvalue weighted by atomic mass is 10.2. The molecular weight excluding hydrogens is 387 g/mol. The molecule has 0 radical (unpaired) electrons. The summed E-state index contributed by atoms with van der Waals surface area (Å²) in [5.74, 6) is -0.606. The van der Waals surface area contributed by atoms with Crippen molar-refractivity contribution in [3.63, 3.8) is 0 Å². The van der Waals surface area contributed by atoms with E-state index in [-0.39, 0.29) is 18.3 Å². The minimum Gasteiger partial charge on any atom is -0.347 e. The molecule has 5 nitrogen and oxygen atoms in total. The van der Waals surface area contributed by atoms with Crippen LogP contribution < -0.4 is 10.0 Å². The molecule has 0 atom stereocenters. The lowest BCUT2D eigenvalue weighted by Gasteiger charge is -2.07. The van der Waals surface area contributed by atoms with E-state index in [1.54, 1.807) is 54.6 Å². The fourth-order valence-electron chi connectivity index (χ4n) is 2.49. The minimum atomic E-state index is -3.36. The van der Waals surface area contributed by atoms with Crippen LogP contribution in [0.4, 0.5) is 10.1 Å². The Labute approximate surface area is 160 Å². The van der Waals surface area contributed by atoms with Crippen molar-refractivity contribution in [1.29, 1.82) is 0 Å². The molecule has 27 heavy (non-hydrogen) atoms. The first-order valence-corrected chi connectivity index (χ1v) is 10.7. The Hall–Kier alpha value is -2.71. The number of amides is 1. The molecule has 0 fully saturated rings. The van der Waals surface area contributed by atoms with Gasteiger partial charge in [0.15, 0.2) is 0 Å². The van der Waals surface area contributed by atoms with E-state index in [0.717, 1.165) is 11.8 Å². The van der Waals surface area contributed by atoms with Gasteiger partial charge < -0.3 is 5.32 Å². The third-order valence-electron chi connectivity index (χ3n) is 3.65. The molecule has 0 saturated carbocycles. The van der Waals surface area contributed by atoms with E-state index in [2.05, 4.69) is 10.0 Å². The molecule has 1 amide bonds. The van der Waals surface area contributed by atoms with E-state index >= 15 is 0 Å². The molecular formula is C19H17FN2O3S2. The maximum Gasteiger partial charge on any atom is 0.261 e. The van der Waals surface area contributed by atoms with Crippen molar-refractivity contribution in [3.8, 4) is 10.4 Å². The highest BCUT2D eigenvalue weighted by molar-refractivity contribution is 7.92. The molecule has 2 N–H and O–H groups in total. The molecule has 0 aliphatic rings. The molecule has 3 rings (SSSR count). The topological polar surface area (TPSA) is 75.3 Å². The molecule has 0 unspecified atom stereocenters. The second-order valence-electron chi connectivity index (χ2n) is 5.90. The fourth-order valence-corrected chi connectivity index (χ4v) is 4.00. The third-order valence-corrected chi connectivity index (χ3v) is 5.38. The maximum atomic E-state index is 13.9. The quantitative estimate of drug-likeness (QED) is 0.655. The highest BCUT2D eigenvalue weighted by Crippen LogP contribution is 2.30. The summed E-state index contributed by atoms with van der Waals surface area (Å²) in [6.07, 6.45) is 1.07. The van der Waals surface area contributed by atoms with Gasteiger partial charge in [0.25, 0.3) is 5.91 Å². The molecule has 1 aromatic heterocycles. The summed E-state index contributed by atoms with van der Waals surface area (Å²) in [5.41, 5.74) is 1.64. The van der Waals surface area contributed by atoms with Crippen molar-refractivity contribution in [2.75, 3.05) is 11.0 Å². The molecule has 0 aliphatic heterocycles. The zero-order valence-electron chi connectivity index (χ0n) is 14.4. The minimum absolute atomic E-state index is 0.241. The largest absolute Gasteiger partial charge is 0.347 e. The number of carbonyl (C=O) groups is 1. The molecule has 0 bridgehead atoms. The Kier molecular flexibility index (Phi) is 5.57. The molecule has 0 saturated heterocycles. The van der Waals surface area contributed by atoms with Crippen molar-refractivity contribution in [2.45, 2.75) is 6.54 Å². The number of carbonyl (C=O) groups excluding carboxylic acids is 1. The normalized spacial score (nSPS) is 11.2. The van der Waals surface area contributed by atoms with Gasteiger partial charge in [0, 0.05) is 22.7 Å². The predicted octanol–water partition coefficient (Wildman–Crippen LogP) is 3.86. The third kappa shape index (κ3) is 5.15. The Morgan fingerprint density at radius 2 is 1.85 bits per heavy atom. The van der Waals surface area contributed by atoms with Gasteiger partial charge in [0.05, 0.1) is 11.1 Å². The Balaban J connectivity index is 1.67. The summed E-state index contributed by atoms with van der Waals surface area (Å²) < 4.78 is 38.9. The van der Waals surface area contributed by atoms with Crippen LogP contribution in [0.3, 0.4) is 0 Å². The van der Waals surface area contributed by atoms with Gasteiger partial charge in [0.1, 0.15) is 5.82 Å². The fraction of sp³-hybridized carbons (Fsp3) is 0.105. The van der Waals surface area contributed by atoms with Gasteiger partial charge in [-0.05, 0) is 35.9 Å². The maximum absolute atomic E-state index is 13.9. The number of rotatable bonds is 6. The van der Waals surface area contributed by atoms with Crippen LogP contribution in [-0.4, -0.2) is 20.6 Å². The molecule has 0 spiro atoms. The number of hydrogen-bond acceptors (Lipinski definition) is 4. The number of thiophene rings is 1. The predicted molar refractivity (Wildman–Crippen MR) is 106 cm³/mol. The zero-order valence-corrected chi connectivity index (χ0v) is 16.0. The van der Waals surface area contributed by atoms with Gasteiger partial charge in [0.2, 0.25) is 10.0 Å². The lowest BCUT2D eigenvalue weighted by Crippen LogP contribution is -2.21. The lowest BCUT2D eigenvalue weighted by molar-refractivity contribution is 0.0955. The van der Waals surface area contributed by atoms with Gasteiger partial charge in [-0.15, -0.1) is 11.3 Å². The molecule has 2 aromatic carbocycles. The number of benzene rings is 2. The number of sulfonamides is 1. The average Bonchev–Trinajstić information content (AvgIpc) is 3.09. The standard InChI is InChI=1S/C19H17FN2O3S2/c1-27(24,25)22-14-6-4-5-13(11-14)12-21-19(23)18-10-9-17(26-18)15-7-2-3-8-16(15)20/h2-11,22H,12H2,1H3,(H,21,23). The van der Waals surface area contributed by atoms with Crippen LogP contribution in [0.2, 0.25) is 0 Å². The zero-order chi connectivity index (χ0) is 19.4. The van der Waals surface area contributed by atoms with Gasteiger partial charge in [-0.25, -0.2) is 12.8 Å². The molecule has 1 heterocycles. The summed E-state index contributed by atoms with van der Waals surface area (Å²) in [5, 5.41) is 2.79. The van der Waals surface area contributed by atoms with Crippen molar-refractivity contribution < 1.29 is 17.6 Å². The highest BCUT2D eigenvalue weighted by Gasteiger charge is 2.12. The number of nitrogens with one attached hydrogen (secondary N) is 2. The monoisotopic (exact) mass is 404 g/mol. The van der Waals surface area contributed by atoms with Gasteiger partial charge in [-0.2, -0.15) is 0 Å². The van der Waals surface area contributed by atoms with Gasteiger partial charge >= 0.3 is 0 Å². The number of halogens is 1. The van der Waals surface area contributed by atoms with Crippen LogP contribution in [-0.2, 0) is 16.6 Å². The van der Waals surface area contributed by atoms with Crippen LogP contribution >= 0.6 is 11.3 Å². The van der Waals surface area contributed by atoms with E-state index in [1.165, 1.54) is 17.4 Å². The van der Waals surface area contributed by atoms with E-state index in [9.17, 15) is 17.6 Å². The summed E-state index contributed by atoms with van der Waals surface area (Å²) >= 11 is 1.21. The summed E-state index contributed by atoms with van der Waals surface area (Å²) in [6, 6.07) is 16.6. The first kappa shape index (κ1) is 19.1. The average molecular weight is 404 g/mol.